The van der Waals surface area contributed by atoms with Crippen LogP contribution in [0.3, 0.4) is 0 Å². The van der Waals surface area contributed by atoms with Crippen molar-refractivity contribution >= 4 is 37.3 Å². The molecule has 1 fully saturated rings. The van der Waals surface area contributed by atoms with E-state index in [2.05, 4.69) is 21.2 Å². The summed E-state index contributed by atoms with van der Waals surface area (Å²) in [5, 5.41) is 3.03. The molecule has 0 saturated carbocycles. The SMILES string of the molecule is CNCc1cc(S(=O)(=O)N2CCCOC(C)C2)c(Br)s1. The van der Waals surface area contributed by atoms with Crippen molar-refractivity contribution in [3.63, 3.8) is 0 Å². The molecule has 1 aromatic rings. The highest BCUT2D eigenvalue weighted by Crippen LogP contribution is 2.34. The summed E-state index contributed by atoms with van der Waals surface area (Å²) in [5.74, 6) is 0. The maximum absolute atomic E-state index is 12.8. The van der Waals surface area contributed by atoms with Crippen molar-refractivity contribution in [2.75, 3.05) is 26.7 Å². The molecule has 1 atom stereocenters. The number of hydrogen-bond acceptors (Lipinski definition) is 5. The maximum Gasteiger partial charge on any atom is 0.245 e. The Bertz CT molecular complexity index is 559. The molecule has 0 aromatic carbocycles. The lowest BCUT2D eigenvalue weighted by atomic mass is 10.4. The Morgan fingerprint density at radius 2 is 2.35 bits per heavy atom. The van der Waals surface area contributed by atoms with Gasteiger partial charge in [-0.15, -0.1) is 11.3 Å². The zero-order valence-electron chi connectivity index (χ0n) is 11.6. The van der Waals surface area contributed by atoms with Crippen molar-refractivity contribution in [1.29, 1.82) is 0 Å². The lowest BCUT2D eigenvalue weighted by molar-refractivity contribution is 0.0752. The predicted molar refractivity (Wildman–Crippen MR) is 83.6 cm³/mol. The van der Waals surface area contributed by atoms with Crippen LogP contribution in [0.25, 0.3) is 0 Å². The molecule has 1 N–H and O–H groups in total. The summed E-state index contributed by atoms with van der Waals surface area (Å²) in [6.45, 7) is 4.10. The average Bonchev–Trinajstić information content (AvgIpc) is 2.60. The van der Waals surface area contributed by atoms with Gasteiger partial charge in [0.15, 0.2) is 0 Å². The van der Waals surface area contributed by atoms with Gasteiger partial charge in [0, 0.05) is 31.1 Å². The second-order valence-corrected chi connectivity index (χ2v) is 9.14. The summed E-state index contributed by atoms with van der Waals surface area (Å²) in [4.78, 5) is 1.36. The van der Waals surface area contributed by atoms with E-state index in [0.29, 0.717) is 34.9 Å². The molecule has 1 unspecified atom stereocenters. The van der Waals surface area contributed by atoms with Gasteiger partial charge in [-0.05, 0) is 42.4 Å². The molecule has 1 aliphatic heterocycles. The van der Waals surface area contributed by atoms with Crippen molar-refractivity contribution in [3.05, 3.63) is 14.7 Å². The number of halogens is 1. The molecule has 114 valence electrons. The first-order valence-electron chi connectivity index (χ1n) is 6.49. The lowest BCUT2D eigenvalue weighted by Gasteiger charge is -2.21. The smallest absolute Gasteiger partial charge is 0.245 e. The van der Waals surface area contributed by atoms with Gasteiger partial charge in [0.05, 0.1) is 9.89 Å². The number of hydrogen-bond donors (Lipinski definition) is 1. The van der Waals surface area contributed by atoms with Crippen LogP contribution in [0.1, 0.15) is 18.2 Å². The lowest BCUT2D eigenvalue weighted by Crippen LogP contribution is -2.35. The summed E-state index contributed by atoms with van der Waals surface area (Å²) in [5.41, 5.74) is 0. The van der Waals surface area contributed by atoms with Gasteiger partial charge in [-0.1, -0.05) is 0 Å². The van der Waals surface area contributed by atoms with Crippen molar-refractivity contribution in [3.8, 4) is 0 Å². The van der Waals surface area contributed by atoms with E-state index in [0.717, 1.165) is 11.3 Å². The minimum absolute atomic E-state index is 0.0681. The molecule has 20 heavy (non-hydrogen) atoms. The van der Waals surface area contributed by atoms with E-state index >= 15 is 0 Å². The quantitative estimate of drug-likeness (QED) is 0.865. The van der Waals surface area contributed by atoms with Crippen LogP contribution in [0, 0.1) is 0 Å². The van der Waals surface area contributed by atoms with E-state index in [1.54, 1.807) is 6.07 Å². The minimum atomic E-state index is -3.46. The van der Waals surface area contributed by atoms with Crippen LogP contribution >= 0.6 is 27.3 Å². The minimum Gasteiger partial charge on any atom is -0.377 e. The molecule has 0 radical (unpaired) electrons. The molecule has 0 amide bonds. The zero-order chi connectivity index (χ0) is 14.8. The topological polar surface area (TPSA) is 58.6 Å². The van der Waals surface area contributed by atoms with Gasteiger partial charge in [-0.25, -0.2) is 8.42 Å². The van der Waals surface area contributed by atoms with Crippen LogP contribution in [-0.2, 0) is 21.3 Å². The van der Waals surface area contributed by atoms with Crippen LogP contribution < -0.4 is 5.32 Å². The summed E-state index contributed by atoms with van der Waals surface area (Å²) in [6, 6.07) is 1.75. The Balaban J connectivity index is 2.29. The Morgan fingerprint density at radius 3 is 3.05 bits per heavy atom. The first-order valence-corrected chi connectivity index (χ1v) is 9.54. The Hall–Kier alpha value is 0.01000. The fraction of sp³-hybridized carbons (Fsp3) is 0.667. The third-order valence-electron chi connectivity index (χ3n) is 3.09. The van der Waals surface area contributed by atoms with Crippen LogP contribution in [0.2, 0.25) is 0 Å². The van der Waals surface area contributed by atoms with E-state index in [9.17, 15) is 8.42 Å². The van der Waals surface area contributed by atoms with E-state index in [-0.39, 0.29) is 6.10 Å². The molecule has 5 nitrogen and oxygen atoms in total. The molecule has 8 heteroatoms. The molecule has 0 bridgehead atoms. The molecule has 1 aromatic heterocycles. The maximum atomic E-state index is 12.8. The highest BCUT2D eigenvalue weighted by Gasteiger charge is 2.30. The van der Waals surface area contributed by atoms with Crippen molar-refractivity contribution in [1.82, 2.24) is 9.62 Å². The van der Waals surface area contributed by atoms with E-state index in [1.807, 2.05) is 14.0 Å². The zero-order valence-corrected chi connectivity index (χ0v) is 14.8. The summed E-state index contributed by atoms with van der Waals surface area (Å²) in [7, 11) is -1.61. The summed E-state index contributed by atoms with van der Waals surface area (Å²) >= 11 is 4.83. The van der Waals surface area contributed by atoms with Crippen LogP contribution in [0.5, 0.6) is 0 Å². The first kappa shape index (κ1) is 16.4. The standard InChI is InChI=1S/C12H19BrN2O3S2/c1-9-8-15(4-3-5-18-9)20(16,17)11-6-10(7-14-2)19-12(11)13/h6,9,14H,3-5,7-8H2,1-2H3. The third-order valence-corrected chi connectivity index (χ3v) is 7.21. The van der Waals surface area contributed by atoms with Gasteiger partial charge in [-0.3, -0.25) is 0 Å². The number of thiophene rings is 1. The van der Waals surface area contributed by atoms with Crippen molar-refractivity contribution in [2.45, 2.75) is 30.9 Å². The Kier molecular flexibility index (Phi) is 5.61. The van der Waals surface area contributed by atoms with Crippen molar-refractivity contribution < 1.29 is 13.2 Å². The van der Waals surface area contributed by atoms with Gasteiger partial charge in [0.2, 0.25) is 10.0 Å². The Labute approximate surface area is 132 Å². The van der Waals surface area contributed by atoms with Crippen LogP contribution in [0.15, 0.2) is 14.7 Å². The largest absolute Gasteiger partial charge is 0.377 e. The number of nitrogens with zero attached hydrogens (tertiary/aromatic N) is 1. The number of sulfonamides is 1. The number of ether oxygens (including phenoxy) is 1. The van der Waals surface area contributed by atoms with Gasteiger partial charge in [-0.2, -0.15) is 4.31 Å². The predicted octanol–water partition coefficient (Wildman–Crippen LogP) is 2.03. The fourth-order valence-corrected chi connectivity index (χ4v) is 6.35. The summed E-state index contributed by atoms with van der Waals surface area (Å²) < 4.78 is 33.2. The molecule has 1 saturated heterocycles. The molecule has 0 aliphatic carbocycles. The molecule has 2 heterocycles. The monoisotopic (exact) mass is 382 g/mol. The van der Waals surface area contributed by atoms with Gasteiger partial charge in [0.25, 0.3) is 0 Å². The Morgan fingerprint density at radius 1 is 1.60 bits per heavy atom. The second-order valence-electron chi connectivity index (χ2n) is 4.78. The number of rotatable bonds is 4. The third kappa shape index (κ3) is 3.61. The molecular weight excluding hydrogens is 364 g/mol. The fourth-order valence-electron chi connectivity index (χ4n) is 2.15. The van der Waals surface area contributed by atoms with Gasteiger partial charge < -0.3 is 10.1 Å². The normalized spacial score (nSPS) is 21.9. The molecule has 2 rings (SSSR count). The number of nitrogens with one attached hydrogen (secondary N) is 1. The van der Waals surface area contributed by atoms with E-state index < -0.39 is 10.0 Å². The highest BCUT2D eigenvalue weighted by molar-refractivity contribution is 9.11. The van der Waals surface area contributed by atoms with Crippen LogP contribution in [-0.4, -0.2) is 45.6 Å². The van der Waals surface area contributed by atoms with Crippen molar-refractivity contribution in [2.24, 2.45) is 0 Å². The molecule has 0 spiro atoms. The second kappa shape index (κ2) is 6.85. The highest BCUT2D eigenvalue weighted by atomic mass is 79.9. The van der Waals surface area contributed by atoms with Crippen LogP contribution in [0.4, 0.5) is 0 Å². The van der Waals surface area contributed by atoms with Gasteiger partial charge >= 0.3 is 0 Å². The van der Waals surface area contributed by atoms with E-state index in [1.165, 1.54) is 15.6 Å². The van der Waals surface area contributed by atoms with E-state index in [4.69, 9.17) is 4.74 Å². The molecule has 1 aliphatic rings. The first-order chi connectivity index (χ1) is 9.45. The van der Waals surface area contributed by atoms with Gasteiger partial charge in [0.1, 0.15) is 4.90 Å². The summed E-state index contributed by atoms with van der Waals surface area (Å²) in [6.07, 6.45) is 0.663. The molecular formula is C12H19BrN2O3S2. The average molecular weight is 383 g/mol.